The molecule has 0 saturated carbocycles. The molecule has 1 aliphatic carbocycles. The van der Waals surface area contributed by atoms with Gasteiger partial charge in [0.25, 0.3) is 0 Å². The van der Waals surface area contributed by atoms with E-state index in [1.54, 1.807) is 0 Å². The molecule has 0 spiro atoms. The van der Waals surface area contributed by atoms with E-state index >= 15 is 0 Å². The van der Waals surface area contributed by atoms with Crippen molar-refractivity contribution in [2.75, 3.05) is 20.1 Å². The molecular weight excluding hydrogens is 230 g/mol. The van der Waals surface area contributed by atoms with Gasteiger partial charge in [0.2, 0.25) is 0 Å². The summed E-state index contributed by atoms with van der Waals surface area (Å²) in [6.45, 7) is 7.80. The molecule has 0 aromatic heterocycles. The summed E-state index contributed by atoms with van der Waals surface area (Å²) in [5, 5.41) is 0. The number of hydrogen-bond acceptors (Lipinski definition) is 0. The molecule has 1 unspecified atom stereocenters. The first-order valence-electron chi connectivity index (χ1n) is 8.65. The second-order valence-electron chi connectivity index (χ2n) is 7.81. The molecule has 2 heterocycles. The molecule has 0 aromatic carbocycles. The Morgan fingerprint density at radius 1 is 1.26 bits per heavy atom. The van der Waals surface area contributed by atoms with Gasteiger partial charge in [-0.1, -0.05) is 25.3 Å². The number of likely N-dealkylation sites (N-methyl/N-ethyl adjacent to an activating group) is 1. The number of fused-ring (bicyclic) bond motifs is 2. The molecule has 1 saturated heterocycles. The number of rotatable bonds is 3. The fraction of sp³-hybridized carbons (Fsp3) is 0.889. The predicted octanol–water partition coefficient (Wildman–Crippen LogP) is 4.68. The summed E-state index contributed by atoms with van der Waals surface area (Å²) in [6, 6.07) is 0. The van der Waals surface area contributed by atoms with Crippen LogP contribution in [0.25, 0.3) is 0 Å². The van der Waals surface area contributed by atoms with Crippen LogP contribution in [0.5, 0.6) is 0 Å². The zero-order valence-electron chi connectivity index (χ0n) is 13.3. The summed E-state index contributed by atoms with van der Waals surface area (Å²) in [5.74, 6) is 1.00. The second-order valence-corrected chi connectivity index (χ2v) is 7.81. The molecule has 1 heteroatoms. The summed E-state index contributed by atoms with van der Waals surface area (Å²) >= 11 is 0. The molecule has 19 heavy (non-hydrogen) atoms. The van der Waals surface area contributed by atoms with Crippen LogP contribution in [0.15, 0.2) is 11.1 Å². The summed E-state index contributed by atoms with van der Waals surface area (Å²) in [6.07, 6.45) is 12.9. The summed E-state index contributed by atoms with van der Waals surface area (Å²) in [5.41, 5.74) is 4.27. The SMILES string of the molecule is CCCC[C@@H]1CC[C@@]2(C)C3=C(CCC3)CC[N+]2(C)C1. The number of quaternary nitrogens is 1. The summed E-state index contributed by atoms with van der Waals surface area (Å²) in [4.78, 5) is 0. The largest absolute Gasteiger partial charge is 0.317 e. The van der Waals surface area contributed by atoms with Crippen molar-refractivity contribution in [3.05, 3.63) is 11.1 Å². The van der Waals surface area contributed by atoms with Crippen LogP contribution >= 0.6 is 0 Å². The van der Waals surface area contributed by atoms with Gasteiger partial charge in [-0.2, -0.15) is 0 Å². The molecule has 0 aromatic rings. The van der Waals surface area contributed by atoms with Crippen molar-refractivity contribution >= 4 is 0 Å². The van der Waals surface area contributed by atoms with Crippen LogP contribution in [0.2, 0.25) is 0 Å². The van der Waals surface area contributed by atoms with Crippen LogP contribution in [0.4, 0.5) is 0 Å². The molecule has 108 valence electrons. The molecule has 1 fully saturated rings. The summed E-state index contributed by atoms with van der Waals surface area (Å²) < 4.78 is 1.36. The van der Waals surface area contributed by atoms with Crippen LogP contribution in [-0.4, -0.2) is 30.2 Å². The highest BCUT2D eigenvalue weighted by Gasteiger charge is 2.54. The third-order valence-electron chi connectivity index (χ3n) is 6.75. The highest BCUT2D eigenvalue weighted by atomic mass is 15.4. The maximum absolute atomic E-state index is 2.60. The topological polar surface area (TPSA) is 0 Å². The lowest BCUT2D eigenvalue weighted by Crippen LogP contribution is -2.67. The zero-order chi connectivity index (χ0) is 13.5. The first-order valence-corrected chi connectivity index (χ1v) is 8.65. The van der Waals surface area contributed by atoms with Gasteiger partial charge >= 0.3 is 0 Å². The Labute approximate surface area is 119 Å². The molecule has 1 nitrogen and oxygen atoms in total. The lowest BCUT2D eigenvalue weighted by molar-refractivity contribution is -0.961. The lowest BCUT2D eigenvalue weighted by Gasteiger charge is -2.57. The van der Waals surface area contributed by atoms with Crippen molar-refractivity contribution in [2.45, 2.75) is 77.2 Å². The van der Waals surface area contributed by atoms with Crippen LogP contribution in [0.1, 0.15) is 71.6 Å². The number of unbranched alkanes of at least 4 members (excludes halogenated alkanes) is 1. The van der Waals surface area contributed by atoms with E-state index in [0.717, 1.165) is 5.92 Å². The first kappa shape index (κ1) is 13.7. The van der Waals surface area contributed by atoms with Gasteiger partial charge in [0.05, 0.1) is 20.1 Å². The van der Waals surface area contributed by atoms with Crippen molar-refractivity contribution in [3.63, 3.8) is 0 Å². The van der Waals surface area contributed by atoms with E-state index in [9.17, 15) is 0 Å². The van der Waals surface area contributed by atoms with E-state index in [4.69, 9.17) is 0 Å². The van der Waals surface area contributed by atoms with E-state index in [1.807, 2.05) is 11.1 Å². The smallest absolute Gasteiger partial charge is 0.118 e. The third kappa shape index (κ3) is 2.09. The standard InChI is InChI=1S/C18H32N/c1-4-5-7-15-10-12-18(2)17-9-6-8-16(17)11-13-19(18,3)14-15/h15H,4-14H2,1-3H3/q+1/t15-,18+,19?/m1/s1. The number of hydrogen-bond donors (Lipinski definition) is 0. The molecule has 3 aliphatic rings. The normalized spacial score (nSPS) is 42.2. The van der Waals surface area contributed by atoms with Gasteiger partial charge in [-0.3, -0.25) is 0 Å². The average Bonchev–Trinajstić information content (AvgIpc) is 2.87. The molecule has 0 bridgehead atoms. The Morgan fingerprint density at radius 2 is 2.11 bits per heavy atom. The van der Waals surface area contributed by atoms with Crippen LogP contribution < -0.4 is 0 Å². The second kappa shape index (κ2) is 4.91. The van der Waals surface area contributed by atoms with E-state index in [0.29, 0.717) is 5.54 Å². The van der Waals surface area contributed by atoms with Gasteiger partial charge in [-0.15, -0.1) is 0 Å². The van der Waals surface area contributed by atoms with Crippen molar-refractivity contribution in [3.8, 4) is 0 Å². The Morgan fingerprint density at radius 3 is 2.89 bits per heavy atom. The fourth-order valence-corrected chi connectivity index (χ4v) is 5.27. The molecule has 0 N–H and O–H groups in total. The van der Waals surface area contributed by atoms with E-state index < -0.39 is 0 Å². The monoisotopic (exact) mass is 262 g/mol. The minimum atomic E-state index is 0.507. The lowest BCUT2D eigenvalue weighted by atomic mass is 9.71. The molecule has 0 radical (unpaired) electrons. The van der Waals surface area contributed by atoms with E-state index in [-0.39, 0.29) is 0 Å². The van der Waals surface area contributed by atoms with Crippen LogP contribution in [0.3, 0.4) is 0 Å². The van der Waals surface area contributed by atoms with Gasteiger partial charge in [0, 0.05) is 18.8 Å². The third-order valence-corrected chi connectivity index (χ3v) is 6.75. The van der Waals surface area contributed by atoms with Crippen LogP contribution in [0, 0.1) is 5.92 Å². The number of nitrogens with zero attached hydrogens (tertiary/aromatic N) is 1. The number of piperidine rings is 1. The molecule has 0 amide bonds. The van der Waals surface area contributed by atoms with Gasteiger partial charge in [0.1, 0.15) is 5.54 Å². The molecule has 2 aliphatic heterocycles. The first-order chi connectivity index (χ1) is 9.09. The average molecular weight is 262 g/mol. The van der Waals surface area contributed by atoms with Gasteiger partial charge in [0.15, 0.2) is 0 Å². The van der Waals surface area contributed by atoms with E-state index in [1.165, 1.54) is 75.4 Å². The maximum Gasteiger partial charge on any atom is 0.118 e. The predicted molar refractivity (Wildman–Crippen MR) is 82.1 cm³/mol. The Kier molecular flexibility index (Phi) is 3.53. The molecule has 3 atom stereocenters. The van der Waals surface area contributed by atoms with Gasteiger partial charge < -0.3 is 4.48 Å². The minimum Gasteiger partial charge on any atom is -0.317 e. The minimum absolute atomic E-state index is 0.507. The summed E-state index contributed by atoms with van der Waals surface area (Å²) in [7, 11) is 2.57. The van der Waals surface area contributed by atoms with Crippen molar-refractivity contribution in [2.24, 2.45) is 5.92 Å². The van der Waals surface area contributed by atoms with Crippen molar-refractivity contribution < 1.29 is 4.48 Å². The fourth-order valence-electron chi connectivity index (χ4n) is 5.27. The van der Waals surface area contributed by atoms with Crippen LogP contribution in [-0.2, 0) is 0 Å². The van der Waals surface area contributed by atoms with Crippen molar-refractivity contribution in [1.29, 1.82) is 0 Å². The maximum atomic E-state index is 2.60. The highest BCUT2D eigenvalue weighted by molar-refractivity contribution is 5.30. The van der Waals surface area contributed by atoms with Crippen molar-refractivity contribution in [1.82, 2.24) is 0 Å². The Hall–Kier alpha value is -0.300. The Bertz CT molecular complexity index is 383. The van der Waals surface area contributed by atoms with Gasteiger partial charge in [-0.05, 0) is 44.6 Å². The zero-order valence-corrected chi connectivity index (χ0v) is 13.3. The highest BCUT2D eigenvalue weighted by Crippen LogP contribution is 2.51. The Balaban J connectivity index is 1.81. The van der Waals surface area contributed by atoms with E-state index in [2.05, 4.69) is 20.9 Å². The molecular formula is C18H32N+. The van der Waals surface area contributed by atoms with Gasteiger partial charge in [-0.25, -0.2) is 0 Å². The molecule has 3 rings (SSSR count). The quantitative estimate of drug-likeness (QED) is 0.512.